The molecule has 0 radical (unpaired) electrons. The molecule has 1 rings (SSSR count). The molecule has 0 fully saturated rings. The van der Waals surface area contributed by atoms with Gasteiger partial charge < -0.3 is 10.5 Å². The molecule has 0 aliphatic heterocycles. The number of nitrogens with two attached hydrogens (primary N) is 1. The van der Waals surface area contributed by atoms with E-state index < -0.39 is 29.2 Å². The van der Waals surface area contributed by atoms with E-state index in [1.165, 1.54) is 0 Å². The average Bonchev–Trinajstić information content (AvgIpc) is 2.40. The second-order valence-electron chi connectivity index (χ2n) is 4.79. The number of unbranched alkanes of at least 4 members (excludes halogenated alkanes) is 3. The minimum atomic E-state index is -4.86. The Kier molecular flexibility index (Phi) is 6.52. The molecule has 0 amide bonds. The van der Waals surface area contributed by atoms with Crippen LogP contribution in [-0.4, -0.2) is 13.2 Å². The molecule has 0 aromatic heterocycles. The van der Waals surface area contributed by atoms with Crippen molar-refractivity contribution < 1.29 is 31.1 Å². The van der Waals surface area contributed by atoms with Crippen molar-refractivity contribution >= 4 is 0 Å². The number of hydrogen-bond donors (Lipinski definition) is 1. The molecule has 1 aromatic carbocycles. The van der Waals surface area contributed by atoms with Crippen molar-refractivity contribution in [3.05, 3.63) is 29.3 Å². The van der Waals surface area contributed by atoms with Crippen LogP contribution in [0.15, 0.2) is 18.2 Å². The molecule has 0 saturated heterocycles. The summed E-state index contributed by atoms with van der Waals surface area (Å²) < 4.78 is 80.8. The van der Waals surface area contributed by atoms with E-state index in [0.29, 0.717) is 25.1 Å². The SMILES string of the molecule is NCCCCCCOc1cc(C(F)(F)F)cc(C(F)(F)F)c1. The first kappa shape index (κ1) is 18.6. The van der Waals surface area contributed by atoms with Gasteiger partial charge in [0.2, 0.25) is 0 Å². The lowest BCUT2D eigenvalue weighted by atomic mass is 10.1. The molecule has 1 aromatic rings. The highest BCUT2D eigenvalue weighted by molar-refractivity contribution is 5.37. The summed E-state index contributed by atoms with van der Waals surface area (Å²) in [7, 11) is 0. The Labute approximate surface area is 124 Å². The van der Waals surface area contributed by atoms with Crippen LogP contribution in [0, 0.1) is 0 Å². The minimum Gasteiger partial charge on any atom is -0.494 e. The summed E-state index contributed by atoms with van der Waals surface area (Å²) in [6.07, 6.45) is -6.76. The van der Waals surface area contributed by atoms with Gasteiger partial charge in [-0.15, -0.1) is 0 Å². The van der Waals surface area contributed by atoms with Crippen molar-refractivity contribution in [3.63, 3.8) is 0 Å². The van der Waals surface area contributed by atoms with Gasteiger partial charge >= 0.3 is 12.4 Å². The summed E-state index contributed by atoms with van der Waals surface area (Å²) in [5.74, 6) is -0.430. The maximum atomic E-state index is 12.6. The van der Waals surface area contributed by atoms with E-state index in [1.807, 2.05) is 0 Å². The van der Waals surface area contributed by atoms with Gasteiger partial charge in [0.15, 0.2) is 0 Å². The molecule has 8 heteroatoms. The average molecular weight is 329 g/mol. The molecular formula is C14H17F6NO. The number of rotatable bonds is 7. The monoisotopic (exact) mass is 329 g/mol. The first-order valence-electron chi connectivity index (χ1n) is 6.77. The maximum Gasteiger partial charge on any atom is 0.416 e. The van der Waals surface area contributed by atoms with Crippen LogP contribution in [0.25, 0.3) is 0 Å². The summed E-state index contributed by atoms with van der Waals surface area (Å²) >= 11 is 0. The fourth-order valence-electron chi connectivity index (χ4n) is 1.80. The fraction of sp³-hybridized carbons (Fsp3) is 0.571. The van der Waals surface area contributed by atoms with Crippen LogP contribution >= 0.6 is 0 Å². The standard InChI is InChI=1S/C14H17F6NO/c15-13(16,17)10-7-11(14(18,19)20)9-12(8-10)22-6-4-2-1-3-5-21/h7-9H,1-6,21H2. The van der Waals surface area contributed by atoms with Crippen molar-refractivity contribution in [2.75, 3.05) is 13.2 Å². The van der Waals surface area contributed by atoms with Crippen molar-refractivity contribution in [1.29, 1.82) is 0 Å². The summed E-state index contributed by atoms with van der Waals surface area (Å²) in [5, 5.41) is 0. The van der Waals surface area contributed by atoms with Gasteiger partial charge in [0.1, 0.15) is 5.75 Å². The van der Waals surface area contributed by atoms with Crippen LogP contribution in [0.3, 0.4) is 0 Å². The zero-order valence-electron chi connectivity index (χ0n) is 11.7. The van der Waals surface area contributed by atoms with Gasteiger partial charge in [0.25, 0.3) is 0 Å². The van der Waals surface area contributed by atoms with Crippen LogP contribution < -0.4 is 10.5 Å². The van der Waals surface area contributed by atoms with Gasteiger partial charge in [-0.2, -0.15) is 26.3 Å². The van der Waals surface area contributed by atoms with E-state index in [2.05, 4.69) is 0 Å². The van der Waals surface area contributed by atoms with Crippen molar-refractivity contribution in [2.45, 2.75) is 38.0 Å². The lowest BCUT2D eigenvalue weighted by Crippen LogP contribution is -2.11. The molecule has 0 aliphatic carbocycles. The molecule has 0 spiro atoms. The quantitative estimate of drug-likeness (QED) is 0.585. The molecule has 2 nitrogen and oxygen atoms in total. The topological polar surface area (TPSA) is 35.2 Å². The number of benzene rings is 1. The van der Waals surface area contributed by atoms with E-state index in [9.17, 15) is 26.3 Å². The van der Waals surface area contributed by atoms with E-state index >= 15 is 0 Å². The summed E-state index contributed by atoms with van der Waals surface area (Å²) in [6.45, 7) is 0.604. The van der Waals surface area contributed by atoms with Gasteiger partial charge in [-0.25, -0.2) is 0 Å². The predicted molar refractivity (Wildman–Crippen MR) is 69.5 cm³/mol. The van der Waals surface area contributed by atoms with Crippen LogP contribution in [0.4, 0.5) is 26.3 Å². The van der Waals surface area contributed by atoms with E-state index in [1.54, 1.807) is 0 Å². The number of hydrogen-bond acceptors (Lipinski definition) is 2. The second kappa shape index (κ2) is 7.71. The molecule has 0 saturated carbocycles. The van der Waals surface area contributed by atoms with E-state index in [-0.39, 0.29) is 12.7 Å². The zero-order valence-corrected chi connectivity index (χ0v) is 11.7. The normalized spacial score (nSPS) is 12.5. The van der Waals surface area contributed by atoms with Crippen LogP contribution in [0.2, 0.25) is 0 Å². The van der Waals surface area contributed by atoms with Crippen LogP contribution in [-0.2, 0) is 12.4 Å². The molecule has 0 heterocycles. The third kappa shape index (κ3) is 6.13. The van der Waals surface area contributed by atoms with Gasteiger partial charge in [0, 0.05) is 0 Å². The summed E-state index contributed by atoms with van der Waals surface area (Å²) in [4.78, 5) is 0. The van der Waals surface area contributed by atoms with E-state index in [4.69, 9.17) is 10.5 Å². The highest BCUT2D eigenvalue weighted by atomic mass is 19.4. The van der Waals surface area contributed by atoms with Crippen LogP contribution in [0.1, 0.15) is 36.8 Å². The third-order valence-electron chi connectivity index (χ3n) is 2.93. The molecule has 126 valence electrons. The minimum absolute atomic E-state index is 0.0587. The molecule has 0 atom stereocenters. The van der Waals surface area contributed by atoms with Gasteiger partial charge in [-0.05, 0) is 37.6 Å². The zero-order chi connectivity index (χ0) is 16.8. The molecule has 0 bridgehead atoms. The van der Waals surface area contributed by atoms with E-state index in [0.717, 1.165) is 19.3 Å². The first-order valence-corrected chi connectivity index (χ1v) is 6.77. The van der Waals surface area contributed by atoms with Crippen molar-refractivity contribution in [2.24, 2.45) is 5.73 Å². The Bertz CT molecular complexity index is 437. The fourth-order valence-corrected chi connectivity index (χ4v) is 1.80. The highest BCUT2D eigenvalue weighted by Crippen LogP contribution is 2.38. The largest absolute Gasteiger partial charge is 0.494 e. The number of alkyl halides is 6. The van der Waals surface area contributed by atoms with Gasteiger partial charge in [0.05, 0.1) is 17.7 Å². The second-order valence-corrected chi connectivity index (χ2v) is 4.79. The number of ether oxygens (including phenoxy) is 1. The Balaban J connectivity index is 2.77. The summed E-state index contributed by atoms with van der Waals surface area (Å²) in [5.41, 5.74) is 2.56. The van der Waals surface area contributed by atoms with Crippen LogP contribution in [0.5, 0.6) is 5.75 Å². The lowest BCUT2D eigenvalue weighted by molar-refractivity contribution is -0.143. The Morgan fingerprint density at radius 1 is 0.773 bits per heavy atom. The molecule has 0 aliphatic rings. The van der Waals surface area contributed by atoms with Gasteiger partial charge in [-0.1, -0.05) is 12.8 Å². The van der Waals surface area contributed by atoms with Crippen molar-refractivity contribution in [1.82, 2.24) is 0 Å². The molecular weight excluding hydrogens is 312 g/mol. The Hall–Kier alpha value is -1.44. The Morgan fingerprint density at radius 2 is 1.27 bits per heavy atom. The summed E-state index contributed by atoms with van der Waals surface area (Å²) in [6, 6.07) is 1.23. The van der Waals surface area contributed by atoms with Crippen molar-refractivity contribution in [3.8, 4) is 5.75 Å². The third-order valence-corrected chi connectivity index (χ3v) is 2.93. The smallest absolute Gasteiger partial charge is 0.416 e. The molecule has 22 heavy (non-hydrogen) atoms. The lowest BCUT2D eigenvalue weighted by Gasteiger charge is -2.14. The Morgan fingerprint density at radius 3 is 1.73 bits per heavy atom. The predicted octanol–water partition coefficient (Wildman–Crippen LogP) is 4.62. The first-order chi connectivity index (χ1) is 10.1. The molecule has 0 unspecified atom stereocenters. The highest BCUT2D eigenvalue weighted by Gasteiger charge is 2.37. The molecule has 2 N–H and O–H groups in total. The van der Waals surface area contributed by atoms with Gasteiger partial charge in [-0.3, -0.25) is 0 Å². The number of halogens is 6. The maximum absolute atomic E-state index is 12.6.